The zero-order chi connectivity index (χ0) is 16.7. The summed E-state index contributed by atoms with van der Waals surface area (Å²) in [5.74, 6) is -0.307. The molecule has 2 aromatic carbocycles. The van der Waals surface area contributed by atoms with Gasteiger partial charge < -0.3 is 15.4 Å². The van der Waals surface area contributed by atoms with Crippen LogP contribution in [0.2, 0.25) is 0 Å². The highest BCUT2D eigenvalue weighted by molar-refractivity contribution is 5.95. The molecule has 5 heteroatoms. The molecule has 0 heterocycles. The van der Waals surface area contributed by atoms with Crippen LogP contribution in [-0.2, 0) is 17.9 Å². The van der Waals surface area contributed by atoms with Crippen LogP contribution in [0.4, 0.5) is 0 Å². The van der Waals surface area contributed by atoms with Gasteiger partial charge in [0.2, 0.25) is 0 Å². The third-order valence-corrected chi connectivity index (χ3v) is 3.37. The summed E-state index contributed by atoms with van der Waals surface area (Å²) in [7, 11) is 3.20. The van der Waals surface area contributed by atoms with Crippen molar-refractivity contribution in [3.63, 3.8) is 0 Å². The molecule has 23 heavy (non-hydrogen) atoms. The predicted octanol–water partition coefficient (Wildman–Crippen LogP) is 2.12. The lowest BCUT2D eigenvalue weighted by Crippen LogP contribution is -2.23. The van der Waals surface area contributed by atoms with Crippen LogP contribution in [0.15, 0.2) is 48.5 Å². The minimum absolute atomic E-state index is 0.148. The summed E-state index contributed by atoms with van der Waals surface area (Å²) < 4.78 is 5.07. The quantitative estimate of drug-likeness (QED) is 0.858. The highest BCUT2D eigenvalue weighted by atomic mass is 16.5. The van der Waals surface area contributed by atoms with Crippen LogP contribution in [0.3, 0.4) is 0 Å². The molecule has 0 spiro atoms. The highest BCUT2D eigenvalue weighted by Crippen LogP contribution is 2.08. The van der Waals surface area contributed by atoms with E-state index in [-0.39, 0.29) is 11.8 Å². The van der Waals surface area contributed by atoms with E-state index in [1.54, 1.807) is 44.5 Å². The zero-order valence-corrected chi connectivity index (χ0v) is 13.3. The predicted molar refractivity (Wildman–Crippen MR) is 88.2 cm³/mol. The molecular weight excluding hydrogens is 292 g/mol. The van der Waals surface area contributed by atoms with E-state index < -0.39 is 0 Å². The SMILES string of the molecule is CNC(=O)c1cccc(CNC(=O)c2cccc(COC)c2)c1. The summed E-state index contributed by atoms with van der Waals surface area (Å²) in [4.78, 5) is 23.8. The molecule has 0 fully saturated rings. The average molecular weight is 312 g/mol. The third-order valence-electron chi connectivity index (χ3n) is 3.37. The monoisotopic (exact) mass is 312 g/mol. The molecule has 0 aliphatic carbocycles. The van der Waals surface area contributed by atoms with E-state index in [0.29, 0.717) is 24.3 Å². The van der Waals surface area contributed by atoms with Crippen molar-refractivity contribution in [2.75, 3.05) is 14.2 Å². The Morgan fingerprint density at radius 2 is 1.57 bits per heavy atom. The molecule has 2 N–H and O–H groups in total. The number of methoxy groups -OCH3 is 1. The second-order valence-electron chi connectivity index (χ2n) is 5.10. The van der Waals surface area contributed by atoms with Crippen molar-refractivity contribution < 1.29 is 14.3 Å². The van der Waals surface area contributed by atoms with Crippen LogP contribution < -0.4 is 10.6 Å². The van der Waals surface area contributed by atoms with Crippen molar-refractivity contribution in [3.05, 3.63) is 70.8 Å². The smallest absolute Gasteiger partial charge is 0.251 e. The first-order valence-electron chi connectivity index (χ1n) is 7.31. The van der Waals surface area contributed by atoms with Gasteiger partial charge in [0, 0.05) is 31.8 Å². The molecular formula is C18H20N2O3. The maximum Gasteiger partial charge on any atom is 0.251 e. The lowest BCUT2D eigenvalue weighted by Gasteiger charge is -2.08. The number of nitrogens with one attached hydrogen (secondary N) is 2. The van der Waals surface area contributed by atoms with Gasteiger partial charge in [-0.2, -0.15) is 0 Å². The van der Waals surface area contributed by atoms with Crippen molar-refractivity contribution in [2.24, 2.45) is 0 Å². The fourth-order valence-corrected chi connectivity index (χ4v) is 2.22. The van der Waals surface area contributed by atoms with Crippen LogP contribution in [0.1, 0.15) is 31.8 Å². The Bertz CT molecular complexity index is 698. The second kappa shape index (κ2) is 8.10. The number of carbonyl (C=O) groups is 2. The van der Waals surface area contributed by atoms with E-state index in [1.165, 1.54) is 0 Å². The first kappa shape index (κ1) is 16.7. The third kappa shape index (κ3) is 4.66. The fraction of sp³-hybridized carbons (Fsp3) is 0.222. The van der Waals surface area contributed by atoms with Gasteiger partial charge in [-0.25, -0.2) is 0 Å². The average Bonchev–Trinajstić information content (AvgIpc) is 2.59. The summed E-state index contributed by atoms with van der Waals surface area (Å²) in [6.45, 7) is 0.827. The maximum absolute atomic E-state index is 12.2. The summed E-state index contributed by atoms with van der Waals surface area (Å²) in [5.41, 5.74) is 2.97. The Balaban J connectivity index is 2.01. The van der Waals surface area contributed by atoms with E-state index in [0.717, 1.165) is 11.1 Å². The summed E-state index contributed by atoms with van der Waals surface area (Å²) in [6.07, 6.45) is 0. The van der Waals surface area contributed by atoms with E-state index >= 15 is 0 Å². The molecule has 0 atom stereocenters. The van der Waals surface area contributed by atoms with Gasteiger partial charge in [0.1, 0.15) is 0 Å². The van der Waals surface area contributed by atoms with E-state index in [1.807, 2.05) is 18.2 Å². The van der Waals surface area contributed by atoms with Gasteiger partial charge in [0.05, 0.1) is 6.61 Å². The molecule has 2 rings (SSSR count). The molecule has 2 aromatic rings. The Morgan fingerprint density at radius 3 is 2.22 bits per heavy atom. The Morgan fingerprint density at radius 1 is 0.957 bits per heavy atom. The molecule has 0 bridgehead atoms. The van der Waals surface area contributed by atoms with Crippen molar-refractivity contribution in [1.82, 2.24) is 10.6 Å². The van der Waals surface area contributed by atoms with Crippen LogP contribution in [0, 0.1) is 0 Å². The van der Waals surface area contributed by atoms with Crippen molar-refractivity contribution >= 4 is 11.8 Å². The molecule has 0 unspecified atom stereocenters. The zero-order valence-electron chi connectivity index (χ0n) is 13.3. The normalized spacial score (nSPS) is 10.2. The fourth-order valence-electron chi connectivity index (χ4n) is 2.22. The molecule has 0 saturated carbocycles. The molecule has 0 saturated heterocycles. The van der Waals surface area contributed by atoms with Gasteiger partial charge in [-0.3, -0.25) is 9.59 Å². The van der Waals surface area contributed by atoms with Gasteiger partial charge in [-0.1, -0.05) is 24.3 Å². The number of benzene rings is 2. The van der Waals surface area contributed by atoms with Gasteiger partial charge in [-0.05, 0) is 35.4 Å². The number of carbonyl (C=O) groups excluding carboxylic acids is 2. The van der Waals surface area contributed by atoms with Crippen molar-refractivity contribution in [3.8, 4) is 0 Å². The van der Waals surface area contributed by atoms with Crippen LogP contribution in [0.25, 0.3) is 0 Å². The van der Waals surface area contributed by atoms with Gasteiger partial charge >= 0.3 is 0 Å². The molecule has 0 aliphatic heterocycles. The first-order chi connectivity index (χ1) is 11.1. The number of rotatable bonds is 6. The summed E-state index contributed by atoms with van der Waals surface area (Å²) in [5, 5.41) is 5.44. The molecule has 0 aliphatic rings. The first-order valence-corrected chi connectivity index (χ1v) is 7.31. The van der Waals surface area contributed by atoms with Crippen LogP contribution >= 0.6 is 0 Å². The Kier molecular flexibility index (Phi) is 5.88. The van der Waals surface area contributed by atoms with Crippen molar-refractivity contribution in [2.45, 2.75) is 13.2 Å². The maximum atomic E-state index is 12.2. The topological polar surface area (TPSA) is 67.4 Å². The van der Waals surface area contributed by atoms with Gasteiger partial charge in [-0.15, -0.1) is 0 Å². The molecule has 5 nitrogen and oxygen atoms in total. The minimum atomic E-state index is -0.159. The second-order valence-corrected chi connectivity index (χ2v) is 5.10. The minimum Gasteiger partial charge on any atom is -0.380 e. The number of amides is 2. The van der Waals surface area contributed by atoms with E-state index in [9.17, 15) is 9.59 Å². The van der Waals surface area contributed by atoms with E-state index in [2.05, 4.69) is 10.6 Å². The van der Waals surface area contributed by atoms with Gasteiger partial charge in [0.15, 0.2) is 0 Å². The highest BCUT2D eigenvalue weighted by Gasteiger charge is 2.08. The van der Waals surface area contributed by atoms with Crippen molar-refractivity contribution in [1.29, 1.82) is 0 Å². The Labute approximate surface area is 135 Å². The number of ether oxygens (including phenoxy) is 1. The lowest BCUT2D eigenvalue weighted by atomic mass is 10.1. The van der Waals surface area contributed by atoms with Gasteiger partial charge in [0.25, 0.3) is 11.8 Å². The summed E-state index contributed by atoms with van der Waals surface area (Å²) >= 11 is 0. The number of hydrogen-bond acceptors (Lipinski definition) is 3. The Hall–Kier alpha value is -2.66. The summed E-state index contributed by atoms with van der Waals surface area (Å²) in [6, 6.07) is 14.5. The molecule has 0 aromatic heterocycles. The van der Waals surface area contributed by atoms with E-state index in [4.69, 9.17) is 4.74 Å². The number of hydrogen-bond donors (Lipinski definition) is 2. The molecule has 0 radical (unpaired) electrons. The molecule has 2 amide bonds. The van der Waals surface area contributed by atoms with Crippen LogP contribution in [0.5, 0.6) is 0 Å². The van der Waals surface area contributed by atoms with Crippen LogP contribution in [-0.4, -0.2) is 26.0 Å². The lowest BCUT2D eigenvalue weighted by molar-refractivity contribution is 0.0948. The largest absolute Gasteiger partial charge is 0.380 e. The standard InChI is InChI=1S/C18H20N2O3/c1-19-17(21)15-7-3-5-13(9-15)11-20-18(22)16-8-4-6-14(10-16)12-23-2/h3-10H,11-12H2,1-2H3,(H,19,21)(H,20,22). The molecule has 120 valence electrons.